The van der Waals surface area contributed by atoms with Crippen LogP contribution in [0.2, 0.25) is 0 Å². The minimum Gasteiger partial charge on any atom is -0.384 e. The third kappa shape index (κ3) is 4.37. The first kappa shape index (κ1) is 15.2. The number of benzene rings is 1. The molecular weight excluding hydrogens is 268 g/mol. The van der Waals surface area contributed by atoms with E-state index in [1.807, 2.05) is 0 Å². The molecule has 1 rings (SSSR count). The smallest absolute Gasteiger partial charge is 0.242 e. The van der Waals surface area contributed by atoms with Gasteiger partial charge in [-0.15, -0.1) is 0 Å². The van der Waals surface area contributed by atoms with Gasteiger partial charge in [0.25, 0.3) is 0 Å². The molecule has 0 aliphatic rings. The van der Waals surface area contributed by atoms with Crippen molar-refractivity contribution in [1.82, 2.24) is 10.0 Å². The van der Waals surface area contributed by atoms with Crippen molar-refractivity contribution in [2.24, 2.45) is 0 Å². The van der Waals surface area contributed by atoms with Gasteiger partial charge in [-0.05, 0) is 12.1 Å². The van der Waals surface area contributed by atoms with Crippen LogP contribution in [0.3, 0.4) is 0 Å². The zero-order valence-electron chi connectivity index (χ0n) is 10.3. The molecule has 7 heteroatoms. The largest absolute Gasteiger partial charge is 0.384 e. The molecule has 1 aromatic rings. The molecule has 19 heavy (non-hydrogen) atoms. The SMILES string of the molecule is CNC(=O)CNS(=O)(=O)c1ccccc1C#CCO. The zero-order chi connectivity index (χ0) is 14.3. The van der Waals surface area contributed by atoms with Gasteiger partial charge in [-0.25, -0.2) is 13.1 Å². The van der Waals surface area contributed by atoms with Crippen LogP contribution in [0.5, 0.6) is 0 Å². The number of nitrogens with one attached hydrogen (secondary N) is 2. The molecule has 0 heterocycles. The number of hydrogen-bond acceptors (Lipinski definition) is 4. The maximum absolute atomic E-state index is 12.0. The van der Waals surface area contributed by atoms with Crippen molar-refractivity contribution in [3.8, 4) is 11.8 Å². The van der Waals surface area contributed by atoms with Crippen molar-refractivity contribution in [3.63, 3.8) is 0 Å². The van der Waals surface area contributed by atoms with Crippen LogP contribution in [0.15, 0.2) is 29.2 Å². The molecule has 0 aromatic heterocycles. The van der Waals surface area contributed by atoms with E-state index in [9.17, 15) is 13.2 Å². The topological polar surface area (TPSA) is 95.5 Å². The minimum atomic E-state index is -3.82. The molecule has 0 bridgehead atoms. The molecule has 3 N–H and O–H groups in total. The number of aliphatic hydroxyl groups is 1. The standard InChI is InChI=1S/C12H14N2O4S/c1-13-12(16)9-14-19(17,18)11-7-3-2-5-10(11)6-4-8-15/h2-3,5,7,14-15H,8-9H2,1H3,(H,13,16). The van der Waals surface area contributed by atoms with Gasteiger partial charge in [0.2, 0.25) is 15.9 Å². The normalized spacial score (nSPS) is 10.4. The number of carbonyl (C=O) groups excluding carboxylic acids is 1. The summed E-state index contributed by atoms with van der Waals surface area (Å²) in [6.45, 7) is -0.708. The number of rotatable bonds is 4. The minimum absolute atomic E-state index is 0.0279. The Bertz CT molecular complexity index is 614. The number of carbonyl (C=O) groups is 1. The molecule has 102 valence electrons. The van der Waals surface area contributed by atoms with Crippen molar-refractivity contribution >= 4 is 15.9 Å². The van der Waals surface area contributed by atoms with Gasteiger partial charge in [0.15, 0.2) is 0 Å². The van der Waals surface area contributed by atoms with Gasteiger partial charge in [0.05, 0.1) is 11.4 Å². The van der Waals surface area contributed by atoms with Crippen molar-refractivity contribution in [2.45, 2.75) is 4.90 Å². The Hall–Kier alpha value is -1.88. The summed E-state index contributed by atoms with van der Waals surface area (Å²) < 4.78 is 26.2. The Balaban J connectivity index is 3.04. The maximum atomic E-state index is 12.0. The fraction of sp³-hybridized carbons (Fsp3) is 0.250. The van der Waals surface area contributed by atoms with E-state index < -0.39 is 15.9 Å². The highest BCUT2D eigenvalue weighted by Crippen LogP contribution is 2.13. The van der Waals surface area contributed by atoms with E-state index in [2.05, 4.69) is 21.9 Å². The lowest BCUT2D eigenvalue weighted by atomic mass is 10.2. The zero-order valence-corrected chi connectivity index (χ0v) is 11.1. The molecule has 1 amide bonds. The Morgan fingerprint density at radius 2 is 2.05 bits per heavy atom. The third-order valence-electron chi connectivity index (χ3n) is 2.18. The van der Waals surface area contributed by atoms with E-state index in [4.69, 9.17) is 5.11 Å². The van der Waals surface area contributed by atoms with Crippen molar-refractivity contribution in [1.29, 1.82) is 0 Å². The summed E-state index contributed by atoms with van der Waals surface area (Å²) in [5.41, 5.74) is 0.265. The fourth-order valence-corrected chi connectivity index (χ4v) is 2.41. The Labute approximate surface area is 111 Å². The number of amides is 1. The highest BCUT2D eigenvalue weighted by Gasteiger charge is 2.17. The Kier molecular flexibility index (Phi) is 5.51. The summed E-state index contributed by atoms with van der Waals surface area (Å²) in [5.74, 6) is 4.50. The van der Waals surface area contributed by atoms with Crippen LogP contribution < -0.4 is 10.0 Å². The second-order valence-electron chi connectivity index (χ2n) is 3.45. The summed E-state index contributed by atoms with van der Waals surface area (Å²) in [4.78, 5) is 11.0. The van der Waals surface area contributed by atoms with E-state index in [1.165, 1.54) is 19.2 Å². The quantitative estimate of drug-likeness (QED) is 0.621. The molecule has 0 aliphatic heterocycles. The highest BCUT2D eigenvalue weighted by atomic mass is 32.2. The second-order valence-corrected chi connectivity index (χ2v) is 5.19. The number of hydrogen-bond donors (Lipinski definition) is 3. The summed E-state index contributed by atoms with van der Waals surface area (Å²) in [5, 5.41) is 10.9. The number of sulfonamides is 1. The number of aliphatic hydroxyl groups excluding tert-OH is 1. The van der Waals surface area contributed by atoms with Crippen LogP contribution in [-0.4, -0.2) is 39.6 Å². The molecule has 0 fully saturated rings. The van der Waals surface area contributed by atoms with E-state index in [0.717, 1.165) is 0 Å². The molecule has 0 aliphatic carbocycles. The molecule has 0 saturated heterocycles. The molecule has 0 spiro atoms. The van der Waals surface area contributed by atoms with Gasteiger partial charge < -0.3 is 10.4 Å². The van der Waals surface area contributed by atoms with Gasteiger partial charge in [-0.3, -0.25) is 4.79 Å². The molecule has 1 aromatic carbocycles. The Morgan fingerprint density at radius 3 is 2.68 bits per heavy atom. The fourth-order valence-electron chi connectivity index (χ4n) is 1.27. The number of likely N-dealkylation sites (N-methyl/N-ethyl adjacent to an activating group) is 1. The lowest BCUT2D eigenvalue weighted by molar-refractivity contribution is -0.119. The van der Waals surface area contributed by atoms with E-state index in [1.54, 1.807) is 12.1 Å². The third-order valence-corrected chi connectivity index (χ3v) is 3.64. The maximum Gasteiger partial charge on any atom is 0.242 e. The summed E-state index contributed by atoms with van der Waals surface area (Å²) in [6.07, 6.45) is 0. The van der Waals surface area contributed by atoms with Crippen LogP contribution in [0.1, 0.15) is 5.56 Å². The first-order valence-electron chi connectivity index (χ1n) is 5.40. The summed E-state index contributed by atoms with van der Waals surface area (Å²) in [6, 6.07) is 6.10. The van der Waals surface area contributed by atoms with Crippen LogP contribution >= 0.6 is 0 Å². The summed E-state index contributed by atoms with van der Waals surface area (Å²) in [7, 11) is -2.41. The predicted octanol–water partition coefficient (Wildman–Crippen LogP) is -0.945. The van der Waals surface area contributed by atoms with Gasteiger partial charge in [-0.1, -0.05) is 24.0 Å². The van der Waals surface area contributed by atoms with E-state index in [0.29, 0.717) is 0 Å². The molecule has 0 saturated carbocycles. The molecule has 0 unspecified atom stereocenters. The first-order valence-corrected chi connectivity index (χ1v) is 6.88. The van der Waals surface area contributed by atoms with Gasteiger partial charge in [-0.2, -0.15) is 0 Å². The van der Waals surface area contributed by atoms with Crippen LogP contribution in [0.4, 0.5) is 0 Å². The van der Waals surface area contributed by atoms with E-state index >= 15 is 0 Å². The molecule has 6 nitrogen and oxygen atoms in total. The van der Waals surface area contributed by atoms with Crippen LogP contribution in [0, 0.1) is 11.8 Å². The lowest BCUT2D eigenvalue weighted by Gasteiger charge is -2.07. The summed E-state index contributed by atoms with van der Waals surface area (Å²) >= 11 is 0. The van der Waals surface area contributed by atoms with Gasteiger partial charge in [0.1, 0.15) is 6.61 Å². The highest BCUT2D eigenvalue weighted by molar-refractivity contribution is 7.89. The molecular formula is C12H14N2O4S. The van der Waals surface area contributed by atoms with Gasteiger partial charge >= 0.3 is 0 Å². The average Bonchev–Trinajstić information content (AvgIpc) is 2.42. The monoisotopic (exact) mass is 282 g/mol. The van der Waals surface area contributed by atoms with Crippen molar-refractivity contribution in [3.05, 3.63) is 29.8 Å². The van der Waals surface area contributed by atoms with Crippen molar-refractivity contribution in [2.75, 3.05) is 20.2 Å². The van der Waals surface area contributed by atoms with Crippen LogP contribution in [-0.2, 0) is 14.8 Å². The Morgan fingerprint density at radius 1 is 1.37 bits per heavy atom. The second kappa shape index (κ2) is 6.89. The lowest BCUT2D eigenvalue weighted by Crippen LogP contribution is -2.35. The van der Waals surface area contributed by atoms with Crippen molar-refractivity contribution < 1.29 is 18.3 Å². The first-order chi connectivity index (χ1) is 9.01. The predicted molar refractivity (Wildman–Crippen MR) is 69.7 cm³/mol. The molecule has 0 radical (unpaired) electrons. The average molecular weight is 282 g/mol. The van der Waals surface area contributed by atoms with Crippen LogP contribution in [0.25, 0.3) is 0 Å². The van der Waals surface area contributed by atoms with E-state index in [-0.39, 0.29) is 23.6 Å². The molecule has 0 atom stereocenters. The van der Waals surface area contributed by atoms with Gasteiger partial charge in [0, 0.05) is 12.6 Å².